The Balaban J connectivity index is 1.39. The second kappa shape index (κ2) is 7.30. The van der Waals surface area contributed by atoms with Gasteiger partial charge in [0.25, 0.3) is 0 Å². The number of aryl methyl sites for hydroxylation is 1. The second-order valence-corrected chi connectivity index (χ2v) is 11.2. The van der Waals surface area contributed by atoms with Gasteiger partial charge >= 0.3 is 0 Å². The summed E-state index contributed by atoms with van der Waals surface area (Å²) in [7, 11) is 2.05. The average Bonchev–Trinajstić information content (AvgIpc) is 3.50. The minimum atomic E-state index is -0.212. The van der Waals surface area contributed by atoms with Crippen LogP contribution in [0.4, 0.5) is 5.69 Å². The van der Waals surface area contributed by atoms with Crippen molar-refractivity contribution in [1.29, 1.82) is 0 Å². The van der Waals surface area contributed by atoms with Crippen LogP contribution in [0.1, 0.15) is 41.4 Å². The number of aromatic nitrogens is 1. The molecule has 1 aliphatic carbocycles. The molecule has 1 aromatic heterocycles. The molecule has 2 fully saturated rings. The maximum Gasteiger partial charge on any atom is 0.219 e. The Morgan fingerprint density at radius 3 is 2.78 bits per heavy atom. The summed E-state index contributed by atoms with van der Waals surface area (Å²) in [5.41, 5.74) is 8.56. The molecule has 182 valence electrons. The van der Waals surface area contributed by atoms with Crippen LogP contribution < -0.4 is 5.32 Å². The fourth-order valence-electron chi connectivity index (χ4n) is 8.37. The zero-order chi connectivity index (χ0) is 24.8. The predicted octanol–water partition coefficient (Wildman–Crippen LogP) is 5.05. The van der Waals surface area contributed by atoms with Gasteiger partial charge in [-0.3, -0.25) is 9.59 Å². The molecule has 3 aliphatic heterocycles. The summed E-state index contributed by atoms with van der Waals surface area (Å²) in [5.74, 6) is 0.377. The summed E-state index contributed by atoms with van der Waals surface area (Å²) >= 11 is 0. The SMILES string of the molecule is C/C=C1/C[N+]2(CC(=O)c3c(C)n(C)c4ccccc34)CC[C@]34C(=C(C=O)[C@H]1CC32)Nc1ccccc14. The zero-order valence-corrected chi connectivity index (χ0v) is 21.2. The largest absolute Gasteiger partial charge is 0.357 e. The first-order valence-corrected chi connectivity index (χ1v) is 13.1. The number of fused-ring (bicyclic) bond motifs is 3. The molecule has 2 aromatic carbocycles. The van der Waals surface area contributed by atoms with Gasteiger partial charge in [0, 0.05) is 59.4 Å². The van der Waals surface area contributed by atoms with Gasteiger partial charge in [-0.05, 0) is 37.1 Å². The highest BCUT2D eigenvalue weighted by molar-refractivity contribution is 6.10. The number of anilines is 1. The normalized spacial score (nSPS) is 30.9. The predicted molar refractivity (Wildman–Crippen MR) is 142 cm³/mol. The van der Waals surface area contributed by atoms with E-state index in [1.807, 2.05) is 12.1 Å². The summed E-state index contributed by atoms with van der Waals surface area (Å²) in [6, 6.07) is 17.1. The number of benzene rings is 2. The maximum absolute atomic E-state index is 14.2. The van der Waals surface area contributed by atoms with E-state index in [-0.39, 0.29) is 23.2 Å². The Hall–Kier alpha value is -3.44. The summed E-state index contributed by atoms with van der Waals surface area (Å²) in [6.45, 7) is 6.44. The lowest BCUT2D eigenvalue weighted by Gasteiger charge is -2.53. The van der Waals surface area contributed by atoms with Crippen LogP contribution in [0, 0.1) is 12.8 Å². The van der Waals surface area contributed by atoms with Gasteiger partial charge in [-0.1, -0.05) is 42.5 Å². The van der Waals surface area contributed by atoms with Gasteiger partial charge < -0.3 is 14.4 Å². The van der Waals surface area contributed by atoms with Crippen molar-refractivity contribution in [3.05, 3.63) is 88.3 Å². The summed E-state index contributed by atoms with van der Waals surface area (Å²) in [4.78, 5) is 26.7. The Morgan fingerprint density at radius 2 is 1.97 bits per heavy atom. The van der Waals surface area contributed by atoms with Crippen molar-refractivity contribution in [3.63, 3.8) is 0 Å². The summed E-state index contributed by atoms with van der Waals surface area (Å²) in [5, 5.41) is 4.74. The van der Waals surface area contributed by atoms with Crippen molar-refractivity contribution < 1.29 is 14.1 Å². The summed E-state index contributed by atoms with van der Waals surface area (Å²) < 4.78 is 2.93. The number of Topliss-reactive ketones (excluding diaryl/α,β-unsaturated/α-hetero) is 1. The standard InChI is InChI=1S/C31H31N3O2/c1-4-20-16-34(17-27(36)29-19(2)33(3)26-12-8-5-9-21(26)29)14-13-31-24-10-6-7-11-25(24)32-30(31)23(18-35)22(20)15-28(31)34/h4-12,18,22,28H,13-17H2,1-3H3/p+1/b20-4-/t22-,28?,31+,34?/m0/s1. The van der Waals surface area contributed by atoms with Crippen molar-refractivity contribution in [2.24, 2.45) is 13.0 Å². The molecule has 1 spiro atoms. The molecule has 4 heterocycles. The van der Waals surface area contributed by atoms with Crippen molar-refractivity contribution in [2.45, 2.75) is 38.1 Å². The van der Waals surface area contributed by atoms with Gasteiger partial charge in [0.2, 0.25) is 5.78 Å². The Labute approximate surface area is 211 Å². The van der Waals surface area contributed by atoms with Crippen molar-refractivity contribution in [1.82, 2.24) is 4.57 Å². The average molecular weight is 479 g/mol. The molecule has 4 aliphatic rings. The molecule has 36 heavy (non-hydrogen) atoms. The van der Waals surface area contributed by atoms with Crippen LogP contribution in [0.2, 0.25) is 0 Å². The van der Waals surface area contributed by atoms with Crippen LogP contribution in [-0.2, 0) is 17.3 Å². The maximum atomic E-state index is 14.2. The van der Waals surface area contributed by atoms with E-state index >= 15 is 0 Å². The number of piperidine rings is 1. The van der Waals surface area contributed by atoms with E-state index in [0.29, 0.717) is 6.54 Å². The van der Waals surface area contributed by atoms with Crippen LogP contribution in [0.5, 0.6) is 0 Å². The fraction of sp³-hybridized carbons (Fsp3) is 0.355. The topological polar surface area (TPSA) is 51.1 Å². The van der Waals surface area contributed by atoms with Crippen molar-refractivity contribution in [2.75, 3.05) is 25.0 Å². The number of para-hydroxylation sites is 2. The third-order valence-corrected chi connectivity index (χ3v) is 10.00. The minimum absolute atomic E-state index is 0.140. The van der Waals surface area contributed by atoms with E-state index in [1.165, 1.54) is 11.1 Å². The molecule has 0 radical (unpaired) electrons. The van der Waals surface area contributed by atoms with Crippen LogP contribution in [0.15, 0.2) is 71.5 Å². The first-order chi connectivity index (χ1) is 17.4. The number of carbonyl (C=O) groups is 2. The molecule has 2 saturated heterocycles. The number of ketones is 1. The molecular weight excluding hydrogens is 446 g/mol. The Bertz CT molecular complexity index is 1540. The summed E-state index contributed by atoms with van der Waals surface area (Å²) in [6.07, 6.45) is 5.18. The molecule has 5 nitrogen and oxygen atoms in total. The number of nitrogens with one attached hydrogen (secondary N) is 1. The first kappa shape index (κ1) is 21.8. The number of aldehydes is 1. The highest BCUT2D eigenvalue weighted by Gasteiger charge is 2.68. The molecule has 3 aromatic rings. The van der Waals surface area contributed by atoms with Crippen molar-refractivity contribution in [3.8, 4) is 0 Å². The molecule has 0 amide bonds. The third kappa shape index (κ3) is 2.49. The number of nitrogens with zero attached hydrogens (tertiary/aromatic N) is 2. The lowest BCUT2D eigenvalue weighted by molar-refractivity contribution is -0.934. The molecular formula is C31H32N3O2+. The highest BCUT2D eigenvalue weighted by atomic mass is 16.1. The van der Waals surface area contributed by atoms with Crippen LogP contribution >= 0.6 is 0 Å². The number of hydrogen-bond acceptors (Lipinski definition) is 3. The third-order valence-electron chi connectivity index (χ3n) is 10.00. The number of quaternary nitrogens is 1. The van der Waals surface area contributed by atoms with E-state index < -0.39 is 0 Å². The molecule has 0 saturated carbocycles. The fourth-order valence-corrected chi connectivity index (χ4v) is 8.37. The zero-order valence-electron chi connectivity index (χ0n) is 21.2. The van der Waals surface area contributed by atoms with E-state index in [9.17, 15) is 9.59 Å². The van der Waals surface area contributed by atoms with Crippen LogP contribution in [-0.4, -0.2) is 46.8 Å². The number of carbonyl (C=O) groups excluding carboxylic acids is 2. The number of hydrogen-bond donors (Lipinski definition) is 1. The Morgan fingerprint density at radius 1 is 1.19 bits per heavy atom. The van der Waals surface area contributed by atoms with Crippen molar-refractivity contribution >= 4 is 28.7 Å². The van der Waals surface area contributed by atoms with Gasteiger partial charge in [0.15, 0.2) is 0 Å². The smallest absolute Gasteiger partial charge is 0.219 e. The van der Waals surface area contributed by atoms with Gasteiger partial charge in [0.05, 0.1) is 17.5 Å². The van der Waals surface area contributed by atoms with Gasteiger partial charge in [-0.2, -0.15) is 0 Å². The van der Waals surface area contributed by atoms with E-state index in [2.05, 4.69) is 73.3 Å². The monoisotopic (exact) mass is 478 g/mol. The molecule has 2 unspecified atom stereocenters. The Kier molecular flexibility index (Phi) is 4.42. The molecule has 1 N–H and O–H groups in total. The first-order valence-electron chi connectivity index (χ1n) is 13.1. The van der Waals surface area contributed by atoms with Gasteiger partial charge in [0.1, 0.15) is 25.4 Å². The molecule has 2 bridgehead atoms. The number of allylic oxidation sites excluding steroid dienone is 2. The lowest BCUT2D eigenvalue weighted by Crippen LogP contribution is -2.64. The van der Waals surface area contributed by atoms with Crippen LogP contribution in [0.3, 0.4) is 0 Å². The molecule has 4 atom stereocenters. The lowest BCUT2D eigenvalue weighted by atomic mass is 9.61. The highest BCUT2D eigenvalue weighted by Crippen LogP contribution is 2.63. The van der Waals surface area contributed by atoms with Gasteiger partial charge in [-0.25, -0.2) is 0 Å². The quantitative estimate of drug-likeness (QED) is 0.247. The number of rotatable bonds is 4. The van der Waals surface area contributed by atoms with E-state index in [0.717, 1.165) is 75.8 Å². The van der Waals surface area contributed by atoms with E-state index in [4.69, 9.17) is 0 Å². The van der Waals surface area contributed by atoms with Crippen LogP contribution in [0.25, 0.3) is 10.9 Å². The van der Waals surface area contributed by atoms with Gasteiger partial charge in [-0.15, -0.1) is 0 Å². The molecule has 7 rings (SSSR count). The minimum Gasteiger partial charge on any atom is -0.357 e. The molecule has 5 heteroatoms. The van der Waals surface area contributed by atoms with E-state index in [1.54, 1.807) is 0 Å². The second-order valence-electron chi connectivity index (χ2n) is 11.2.